The fraction of sp³-hybridized carbons (Fsp3) is 0.318. The first-order chi connectivity index (χ1) is 14.1. The molecule has 1 saturated heterocycles. The summed E-state index contributed by atoms with van der Waals surface area (Å²) in [5.41, 5.74) is 2.09. The predicted octanol–water partition coefficient (Wildman–Crippen LogP) is 2.35. The Bertz CT molecular complexity index is 939. The van der Waals surface area contributed by atoms with Gasteiger partial charge in [-0.3, -0.25) is 14.7 Å². The topological polar surface area (TPSA) is 73.9 Å². The normalized spacial score (nSPS) is 15.6. The van der Waals surface area contributed by atoms with Crippen LogP contribution in [0.5, 0.6) is 0 Å². The van der Waals surface area contributed by atoms with Crippen molar-refractivity contribution in [3.63, 3.8) is 0 Å². The molecule has 7 heteroatoms. The van der Waals surface area contributed by atoms with Gasteiger partial charge in [-0.15, -0.1) is 0 Å². The van der Waals surface area contributed by atoms with E-state index in [2.05, 4.69) is 25.2 Å². The summed E-state index contributed by atoms with van der Waals surface area (Å²) in [6.07, 6.45) is 7.99. The first-order valence-electron chi connectivity index (χ1n) is 9.75. The average molecular weight is 393 g/mol. The van der Waals surface area contributed by atoms with E-state index in [4.69, 9.17) is 0 Å². The van der Waals surface area contributed by atoms with E-state index in [0.29, 0.717) is 38.0 Å². The summed E-state index contributed by atoms with van der Waals surface area (Å²) < 4.78 is 14.3. The van der Waals surface area contributed by atoms with Gasteiger partial charge in [-0.1, -0.05) is 18.2 Å². The molecule has 3 heterocycles. The molecule has 0 spiro atoms. The maximum absolute atomic E-state index is 14.3. The Morgan fingerprint density at radius 2 is 1.97 bits per heavy atom. The highest BCUT2D eigenvalue weighted by Gasteiger charge is 2.49. The van der Waals surface area contributed by atoms with Gasteiger partial charge in [0.25, 0.3) is 0 Å². The third kappa shape index (κ3) is 4.51. The van der Waals surface area contributed by atoms with Crippen LogP contribution in [0.2, 0.25) is 0 Å². The van der Waals surface area contributed by atoms with Gasteiger partial charge in [0.1, 0.15) is 5.82 Å². The Morgan fingerprint density at radius 3 is 2.69 bits per heavy atom. The highest BCUT2D eigenvalue weighted by molar-refractivity contribution is 5.84. The van der Waals surface area contributed by atoms with E-state index in [0.717, 1.165) is 17.8 Å². The number of amides is 1. The fourth-order valence-electron chi connectivity index (χ4n) is 3.93. The molecule has 0 unspecified atom stereocenters. The van der Waals surface area contributed by atoms with Crippen LogP contribution < -0.4 is 5.32 Å². The van der Waals surface area contributed by atoms with E-state index in [9.17, 15) is 9.18 Å². The minimum atomic E-state index is -0.622. The number of pyridine rings is 1. The predicted molar refractivity (Wildman–Crippen MR) is 107 cm³/mol. The summed E-state index contributed by atoms with van der Waals surface area (Å²) in [4.78, 5) is 26.4. The first-order valence-corrected chi connectivity index (χ1v) is 9.75. The first kappa shape index (κ1) is 19.3. The second-order valence-electron chi connectivity index (χ2n) is 7.63. The molecule has 1 amide bonds. The average Bonchev–Trinajstić information content (AvgIpc) is 3.22. The number of likely N-dealkylation sites (tertiary alicyclic amines) is 1. The number of rotatable bonds is 8. The number of aromatic amines is 1. The van der Waals surface area contributed by atoms with Gasteiger partial charge in [0.05, 0.1) is 11.7 Å². The lowest BCUT2D eigenvalue weighted by Crippen LogP contribution is -2.64. The molecule has 0 bridgehead atoms. The molecule has 29 heavy (non-hydrogen) atoms. The number of hydrogen-bond donors (Lipinski definition) is 2. The van der Waals surface area contributed by atoms with E-state index in [1.807, 2.05) is 18.2 Å². The van der Waals surface area contributed by atoms with Crippen LogP contribution in [0.3, 0.4) is 0 Å². The smallest absolute Gasteiger partial charge is 0.229 e. The maximum Gasteiger partial charge on any atom is 0.229 e. The van der Waals surface area contributed by atoms with Gasteiger partial charge >= 0.3 is 0 Å². The lowest BCUT2D eigenvalue weighted by molar-refractivity contribution is -0.142. The zero-order chi connectivity index (χ0) is 20.1. The van der Waals surface area contributed by atoms with E-state index in [1.54, 1.807) is 37.1 Å². The van der Waals surface area contributed by atoms with Crippen LogP contribution in [0.25, 0.3) is 0 Å². The SMILES string of the molecule is O=C(NCCc1cnc[nH]1)C1(Cc2ccccc2F)CN(Cc2ccncc2)C1. The van der Waals surface area contributed by atoms with Crippen molar-refractivity contribution in [3.05, 3.63) is 84.0 Å². The molecule has 2 aromatic heterocycles. The number of nitrogens with zero attached hydrogens (tertiary/aromatic N) is 3. The zero-order valence-corrected chi connectivity index (χ0v) is 16.1. The maximum atomic E-state index is 14.3. The van der Waals surface area contributed by atoms with Gasteiger partial charge in [-0.25, -0.2) is 9.37 Å². The largest absolute Gasteiger partial charge is 0.355 e. The minimum absolute atomic E-state index is 0.0220. The van der Waals surface area contributed by atoms with E-state index in [-0.39, 0.29) is 11.7 Å². The third-order valence-corrected chi connectivity index (χ3v) is 5.41. The van der Waals surface area contributed by atoms with Crippen LogP contribution in [0.4, 0.5) is 4.39 Å². The van der Waals surface area contributed by atoms with Crippen LogP contribution in [0.15, 0.2) is 61.3 Å². The van der Waals surface area contributed by atoms with E-state index < -0.39 is 5.41 Å². The van der Waals surface area contributed by atoms with Crippen molar-refractivity contribution in [1.82, 2.24) is 25.2 Å². The standard InChI is InChI=1S/C22H24FN5O/c23-20-4-2-1-3-18(20)11-22(21(29)26-10-7-19-12-25-16-27-19)14-28(15-22)13-17-5-8-24-9-6-17/h1-6,8-9,12,16H,7,10-11,13-15H2,(H,25,27)(H,26,29). The van der Waals surface area contributed by atoms with Crippen molar-refractivity contribution >= 4 is 5.91 Å². The van der Waals surface area contributed by atoms with Gasteiger partial charge in [0.15, 0.2) is 0 Å². The summed E-state index contributed by atoms with van der Waals surface area (Å²) in [5, 5.41) is 3.04. The number of aromatic nitrogens is 3. The van der Waals surface area contributed by atoms with Crippen molar-refractivity contribution in [1.29, 1.82) is 0 Å². The number of imidazole rings is 1. The lowest BCUT2D eigenvalue weighted by Gasteiger charge is -2.49. The van der Waals surface area contributed by atoms with Crippen molar-refractivity contribution in [2.75, 3.05) is 19.6 Å². The van der Waals surface area contributed by atoms with Gasteiger partial charge in [-0.05, 0) is 35.7 Å². The van der Waals surface area contributed by atoms with Crippen molar-refractivity contribution in [3.8, 4) is 0 Å². The van der Waals surface area contributed by atoms with Crippen LogP contribution in [-0.2, 0) is 24.2 Å². The van der Waals surface area contributed by atoms with Gasteiger partial charge in [0.2, 0.25) is 5.91 Å². The summed E-state index contributed by atoms with van der Waals surface area (Å²) in [6.45, 7) is 2.46. The molecule has 2 N–H and O–H groups in total. The Morgan fingerprint density at radius 1 is 1.17 bits per heavy atom. The van der Waals surface area contributed by atoms with E-state index >= 15 is 0 Å². The number of carbonyl (C=O) groups is 1. The number of H-pyrrole nitrogens is 1. The number of halogens is 1. The monoisotopic (exact) mass is 393 g/mol. The fourth-order valence-corrected chi connectivity index (χ4v) is 3.93. The highest BCUT2D eigenvalue weighted by Crippen LogP contribution is 2.36. The molecular formula is C22H24FN5O. The van der Waals surface area contributed by atoms with Crippen LogP contribution in [-0.4, -0.2) is 45.4 Å². The van der Waals surface area contributed by atoms with Crippen LogP contribution in [0, 0.1) is 11.2 Å². The van der Waals surface area contributed by atoms with Gasteiger partial charge in [0, 0.05) is 56.9 Å². The Hall–Kier alpha value is -3.06. The molecule has 0 radical (unpaired) electrons. The number of benzene rings is 1. The Balaban J connectivity index is 1.43. The van der Waals surface area contributed by atoms with Crippen molar-refractivity contribution in [2.45, 2.75) is 19.4 Å². The Kier molecular flexibility index (Phi) is 5.67. The molecular weight excluding hydrogens is 369 g/mol. The third-order valence-electron chi connectivity index (χ3n) is 5.41. The molecule has 0 atom stereocenters. The van der Waals surface area contributed by atoms with Crippen LogP contribution in [0.1, 0.15) is 16.8 Å². The second-order valence-corrected chi connectivity index (χ2v) is 7.63. The quantitative estimate of drug-likeness (QED) is 0.616. The van der Waals surface area contributed by atoms with Gasteiger partial charge < -0.3 is 10.3 Å². The van der Waals surface area contributed by atoms with Crippen molar-refractivity contribution in [2.24, 2.45) is 5.41 Å². The lowest BCUT2D eigenvalue weighted by atomic mass is 9.73. The molecule has 1 aromatic carbocycles. The van der Waals surface area contributed by atoms with Crippen molar-refractivity contribution < 1.29 is 9.18 Å². The van der Waals surface area contributed by atoms with Gasteiger partial charge in [-0.2, -0.15) is 0 Å². The Labute approximate surface area is 169 Å². The summed E-state index contributed by atoms with van der Waals surface area (Å²) >= 11 is 0. The molecule has 1 aliphatic heterocycles. The molecule has 1 fully saturated rings. The second kappa shape index (κ2) is 8.53. The number of nitrogens with one attached hydrogen (secondary N) is 2. The summed E-state index contributed by atoms with van der Waals surface area (Å²) in [5.74, 6) is -0.282. The molecule has 0 saturated carbocycles. The molecule has 0 aliphatic carbocycles. The van der Waals surface area contributed by atoms with E-state index in [1.165, 1.54) is 6.07 Å². The van der Waals surface area contributed by atoms with Crippen LogP contribution >= 0.6 is 0 Å². The zero-order valence-electron chi connectivity index (χ0n) is 16.1. The number of hydrogen-bond acceptors (Lipinski definition) is 4. The molecule has 4 rings (SSSR count). The molecule has 1 aliphatic rings. The summed E-state index contributed by atoms with van der Waals surface area (Å²) in [6, 6.07) is 10.7. The minimum Gasteiger partial charge on any atom is -0.355 e. The molecule has 150 valence electrons. The number of carbonyl (C=O) groups excluding carboxylic acids is 1. The molecule has 6 nitrogen and oxygen atoms in total. The molecule has 3 aromatic rings. The highest BCUT2D eigenvalue weighted by atomic mass is 19.1. The summed E-state index contributed by atoms with van der Waals surface area (Å²) in [7, 11) is 0.